The molecule has 0 aliphatic heterocycles. The number of hydrogen-bond donors (Lipinski definition) is 2. The second-order valence-corrected chi connectivity index (χ2v) is 6.20. The predicted molar refractivity (Wildman–Crippen MR) is 87.9 cm³/mol. The Bertz CT molecular complexity index is 810. The molecule has 120 valence electrons. The Morgan fingerprint density at radius 3 is 2.22 bits per heavy atom. The van der Waals surface area contributed by atoms with Gasteiger partial charge in [-0.3, -0.25) is 4.79 Å². The number of anilines is 1. The molecule has 0 aliphatic rings. The normalized spacial score (nSPS) is 11.4. The van der Waals surface area contributed by atoms with Crippen LogP contribution in [-0.2, 0) is 10.0 Å². The molecule has 2 aromatic rings. The van der Waals surface area contributed by atoms with Crippen LogP contribution in [0, 0.1) is 0 Å². The molecule has 2 aromatic carbocycles. The highest BCUT2D eigenvalue weighted by atomic mass is 32.2. The summed E-state index contributed by atoms with van der Waals surface area (Å²) < 4.78 is 27.3. The summed E-state index contributed by atoms with van der Waals surface area (Å²) in [6.07, 6.45) is 2.87. The van der Waals surface area contributed by atoms with Crippen molar-refractivity contribution in [2.45, 2.75) is 4.90 Å². The molecule has 0 spiro atoms. The largest absolute Gasteiger partial charge is 0.497 e. The molecule has 23 heavy (non-hydrogen) atoms. The number of hydrogen-bond acceptors (Lipinski definition) is 5. The van der Waals surface area contributed by atoms with Crippen molar-refractivity contribution in [1.29, 1.82) is 0 Å². The lowest BCUT2D eigenvalue weighted by atomic mass is 10.1. The molecule has 6 nitrogen and oxygen atoms in total. The van der Waals surface area contributed by atoms with E-state index in [2.05, 4.69) is 5.32 Å². The molecule has 2 rings (SSSR count). The van der Waals surface area contributed by atoms with Crippen LogP contribution >= 0.6 is 0 Å². The molecule has 0 aliphatic carbocycles. The van der Waals surface area contributed by atoms with Crippen molar-refractivity contribution in [1.82, 2.24) is 0 Å². The maximum absolute atomic E-state index is 12.0. The van der Waals surface area contributed by atoms with Gasteiger partial charge >= 0.3 is 0 Å². The quantitative estimate of drug-likeness (QED) is 0.624. The van der Waals surface area contributed by atoms with Crippen molar-refractivity contribution in [3.8, 4) is 5.75 Å². The Hall–Kier alpha value is -2.64. The van der Waals surface area contributed by atoms with Crippen molar-refractivity contribution in [2.75, 3.05) is 12.4 Å². The van der Waals surface area contributed by atoms with E-state index in [0.29, 0.717) is 17.0 Å². The van der Waals surface area contributed by atoms with Crippen LogP contribution in [0.5, 0.6) is 5.75 Å². The zero-order valence-electron chi connectivity index (χ0n) is 12.4. The summed E-state index contributed by atoms with van der Waals surface area (Å²) in [5, 5.41) is 7.90. The van der Waals surface area contributed by atoms with Crippen LogP contribution in [0.25, 0.3) is 0 Å². The van der Waals surface area contributed by atoms with Gasteiger partial charge in [0.25, 0.3) is 0 Å². The van der Waals surface area contributed by atoms with E-state index in [1.807, 2.05) is 0 Å². The van der Waals surface area contributed by atoms with Gasteiger partial charge in [0, 0.05) is 23.5 Å². The van der Waals surface area contributed by atoms with E-state index in [1.54, 1.807) is 43.5 Å². The van der Waals surface area contributed by atoms with Crippen LogP contribution < -0.4 is 15.2 Å². The number of sulfonamides is 1. The molecule has 0 bridgehead atoms. The number of carbonyl (C=O) groups is 1. The highest BCUT2D eigenvalue weighted by Crippen LogP contribution is 2.14. The van der Waals surface area contributed by atoms with Gasteiger partial charge in [0.2, 0.25) is 10.0 Å². The number of primary sulfonamides is 1. The average Bonchev–Trinajstić information content (AvgIpc) is 2.54. The maximum atomic E-state index is 12.0. The fraction of sp³-hybridized carbons (Fsp3) is 0.0625. The molecule has 0 radical (unpaired) electrons. The maximum Gasteiger partial charge on any atom is 0.238 e. The lowest BCUT2D eigenvalue weighted by molar-refractivity contribution is 0.104. The van der Waals surface area contributed by atoms with Crippen LogP contribution in [0.3, 0.4) is 0 Å². The van der Waals surface area contributed by atoms with Crippen LogP contribution in [-0.4, -0.2) is 21.3 Å². The Labute approximate surface area is 134 Å². The van der Waals surface area contributed by atoms with Crippen molar-refractivity contribution < 1.29 is 17.9 Å². The summed E-state index contributed by atoms with van der Waals surface area (Å²) in [6, 6.07) is 12.7. The third kappa shape index (κ3) is 4.67. The van der Waals surface area contributed by atoms with Gasteiger partial charge < -0.3 is 10.1 Å². The Morgan fingerprint density at radius 1 is 1.09 bits per heavy atom. The first-order valence-corrected chi connectivity index (χ1v) is 8.19. The third-order valence-corrected chi connectivity index (χ3v) is 3.97. The zero-order valence-corrected chi connectivity index (χ0v) is 13.2. The molecule has 0 unspecified atom stereocenters. The second-order valence-electron chi connectivity index (χ2n) is 4.64. The minimum Gasteiger partial charge on any atom is -0.497 e. The number of methoxy groups -OCH3 is 1. The standard InChI is InChI=1S/C16H16N2O4S/c1-22-14-6-2-12(3-7-14)16(19)10-11-18-13-4-8-15(9-5-13)23(17,20)21/h2-11,18H,1H3,(H2,17,20,21). The highest BCUT2D eigenvalue weighted by Gasteiger charge is 2.06. The Morgan fingerprint density at radius 2 is 1.70 bits per heavy atom. The molecule has 0 heterocycles. The van der Waals surface area contributed by atoms with E-state index in [4.69, 9.17) is 9.88 Å². The molecule has 0 atom stereocenters. The van der Waals surface area contributed by atoms with E-state index >= 15 is 0 Å². The highest BCUT2D eigenvalue weighted by molar-refractivity contribution is 7.89. The summed E-state index contributed by atoms with van der Waals surface area (Å²) in [6.45, 7) is 0. The SMILES string of the molecule is COc1ccc(C(=O)C=CNc2ccc(S(N)(=O)=O)cc2)cc1. The van der Waals surface area contributed by atoms with Gasteiger partial charge in [-0.05, 0) is 48.5 Å². The fourth-order valence-electron chi connectivity index (χ4n) is 1.81. The first kappa shape index (κ1) is 16.7. The molecular formula is C16H16N2O4S. The van der Waals surface area contributed by atoms with E-state index < -0.39 is 10.0 Å². The van der Waals surface area contributed by atoms with Crippen molar-refractivity contribution in [2.24, 2.45) is 5.14 Å². The molecule has 0 fully saturated rings. The van der Waals surface area contributed by atoms with Gasteiger partial charge in [0.1, 0.15) is 5.75 Å². The molecule has 0 aromatic heterocycles. The third-order valence-electron chi connectivity index (χ3n) is 3.04. The first-order valence-electron chi connectivity index (χ1n) is 6.64. The number of ketones is 1. The predicted octanol–water partition coefficient (Wildman–Crippen LogP) is 2.15. The van der Waals surface area contributed by atoms with Gasteiger partial charge in [-0.25, -0.2) is 13.6 Å². The summed E-state index contributed by atoms with van der Waals surface area (Å²) in [7, 11) is -2.15. The summed E-state index contributed by atoms with van der Waals surface area (Å²) >= 11 is 0. The molecule has 0 saturated carbocycles. The smallest absolute Gasteiger partial charge is 0.238 e. The van der Waals surface area contributed by atoms with Crippen LogP contribution in [0.4, 0.5) is 5.69 Å². The minimum absolute atomic E-state index is 0.0290. The molecule has 0 amide bonds. The zero-order chi connectivity index (χ0) is 16.9. The van der Waals surface area contributed by atoms with E-state index in [0.717, 1.165) is 0 Å². The van der Waals surface area contributed by atoms with Gasteiger partial charge in [-0.15, -0.1) is 0 Å². The van der Waals surface area contributed by atoms with Crippen molar-refractivity contribution >= 4 is 21.5 Å². The summed E-state index contributed by atoms with van der Waals surface area (Å²) in [5.41, 5.74) is 1.17. The van der Waals surface area contributed by atoms with Gasteiger partial charge in [-0.1, -0.05) is 0 Å². The van der Waals surface area contributed by atoms with E-state index in [9.17, 15) is 13.2 Å². The Balaban J connectivity index is 1.99. The number of nitrogens with one attached hydrogen (secondary N) is 1. The number of carbonyl (C=O) groups excluding carboxylic acids is 1. The van der Waals surface area contributed by atoms with Gasteiger partial charge in [0.15, 0.2) is 5.78 Å². The number of benzene rings is 2. The van der Waals surface area contributed by atoms with E-state index in [1.165, 1.54) is 24.4 Å². The second kappa shape index (κ2) is 7.08. The van der Waals surface area contributed by atoms with Gasteiger partial charge in [-0.2, -0.15) is 0 Å². The number of rotatable bonds is 6. The first-order chi connectivity index (χ1) is 10.9. The Kier molecular flexibility index (Phi) is 5.15. The molecule has 0 saturated heterocycles. The van der Waals surface area contributed by atoms with Crippen molar-refractivity contribution in [3.63, 3.8) is 0 Å². The lowest BCUT2D eigenvalue weighted by Gasteiger charge is -2.03. The average molecular weight is 332 g/mol. The van der Waals surface area contributed by atoms with Crippen LogP contribution in [0.1, 0.15) is 10.4 Å². The number of nitrogens with two attached hydrogens (primary N) is 1. The van der Waals surface area contributed by atoms with Crippen LogP contribution in [0.2, 0.25) is 0 Å². The summed E-state index contributed by atoms with van der Waals surface area (Å²) in [4.78, 5) is 12.0. The number of ether oxygens (including phenoxy) is 1. The molecule has 7 heteroatoms. The lowest BCUT2D eigenvalue weighted by Crippen LogP contribution is -2.11. The summed E-state index contributed by atoms with van der Waals surface area (Å²) in [5.74, 6) is 0.514. The van der Waals surface area contributed by atoms with Crippen LogP contribution in [0.15, 0.2) is 65.7 Å². The topological polar surface area (TPSA) is 98.5 Å². The monoisotopic (exact) mass is 332 g/mol. The minimum atomic E-state index is -3.71. The van der Waals surface area contributed by atoms with Crippen molar-refractivity contribution in [3.05, 3.63) is 66.4 Å². The molecular weight excluding hydrogens is 316 g/mol. The van der Waals surface area contributed by atoms with E-state index in [-0.39, 0.29) is 10.7 Å². The fourth-order valence-corrected chi connectivity index (χ4v) is 2.32. The van der Waals surface area contributed by atoms with Gasteiger partial charge in [0.05, 0.1) is 12.0 Å². The number of allylic oxidation sites excluding steroid dienone is 1. The molecule has 3 N–H and O–H groups in total.